The first-order chi connectivity index (χ1) is 11.7. The number of fused-ring (bicyclic) bond motifs is 1. The van der Waals surface area contributed by atoms with E-state index in [1.54, 1.807) is 0 Å². The third-order valence-electron chi connectivity index (χ3n) is 4.90. The SMILES string of the molecule is Cc1cc(Br)cc(C)c1N1C(=NC(=O)C2CC2)S[C@@H]2CS(=O)(=O)C[C@@H]21. The molecule has 134 valence electrons. The number of aryl methyl sites for hydroxylation is 2. The highest BCUT2D eigenvalue weighted by Crippen LogP contribution is 2.44. The van der Waals surface area contributed by atoms with Crippen LogP contribution in [-0.4, -0.2) is 42.3 Å². The molecule has 2 saturated heterocycles. The number of aliphatic imine (C=N–C) groups is 1. The standard InChI is InChI=1S/C17H19BrN2O3S2/c1-9-5-12(18)6-10(2)15(9)20-13-7-25(22,23)8-14(13)24-17(20)19-16(21)11-3-4-11/h5-6,11,13-14H,3-4,7-8H2,1-2H3/t13-,14+/m0/s1. The van der Waals surface area contributed by atoms with Crippen LogP contribution < -0.4 is 4.90 Å². The van der Waals surface area contributed by atoms with Crippen LogP contribution in [0.15, 0.2) is 21.6 Å². The molecule has 2 aliphatic heterocycles. The Balaban J connectivity index is 1.80. The first kappa shape index (κ1) is 17.5. The topological polar surface area (TPSA) is 66.8 Å². The van der Waals surface area contributed by atoms with E-state index in [0.29, 0.717) is 5.17 Å². The Kier molecular flexibility index (Phi) is 4.28. The molecule has 1 saturated carbocycles. The Morgan fingerprint density at radius 1 is 1.24 bits per heavy atom. The molecule has 3 fully saturated rings. The number of carbonyl (C=O) groups excluding carboxylic acids is 1. The summed E-state index contributed by atoms with van der Waals surface area (Å²) in [5.41, 5.74) is 3.07. The van der Waals surface area contributed by atoms with Gasteiger partial charge in [-0.15, -0.1) is 0 Å². The fourth-order valence-corrected chi connectivity index (χ4v) is 8.22. The molecule has 3 aliphatic rings. The Hall–Kier alpha value is -0.860. The highest BCUT2D eigenvalue weighted by atomic mass is 79.9. The Bertz CT molecular complexity index is 870. The van der Waals surface area contributed by atoms with Crippen LogP contribution in [0.25, 0.3) is 0 Å². The monoisotopic (exact) mass is 442 g/mol. The van der Waals surface area contributed by atoms with Crippen LogP contribution in [0.1, 0.15) is 24.0 Å². The average molecular weight is 443 g/mol. The number of amides is 1. The first-order valence-corrected chi connectivity index (χ1v) is 11.8. The van der Waals surface area contributed by atoms with Gasteiger partial charge in [-0.2, -0.15) is 4.99 Å². The lowest BCUT2D eigenvalue weighted by Gasteiger charge is -2.28. The fourth-order valence-electron chi connectivity index (χ4n) is 3.62. The second-order valence-electron chi connectivity index (χ2n) is 7.07. The second kappa shape index (κ2) is 6.09. The van der Waals surface area contributed by atoms with Gasteiger partial charge in [0.2, 0.25) is 0 Å². The number of sulfone groups is 1. The lowest BCUT2D eigenvalue weighted by molar-refractivity contribution is -0.118. The molecule has 0 spiro atoms. The number of benzene rings is 1. The summed E-state index contributed by atoms with van der Waals surface area (Å²) >= 11 is 4.95. The molecular formula is C17H19BrN2O3S2. The molecule has 0 radical (unpaired) electrons. The predicted molar refractivity (Wildman–Crippen MR) is 105 cm³/mol. The highest BCUT2D eigenvalue weighted by molar-refractivity contribution is 9.10. The number of hydrogen-bond donors (Lipinski definition) is 0. The van der Waals surface area contributed by atoms with E-state index in [1.807, 2.05) is 30.9 Å². The smallest absolute Gasteiger partial charge is 0.251 e. The molecule has 4 rings (SSSR count). The number of halogens is 1. The maximum atomic E-state index is 12.3. The molecule has 0 unspecified atom stereocenters. The third-order valence-corrected chi connectivity index (χ3v) is 8.56. The van der Waals surface area contributed by atoms with Gasteiger partial charge in [-0.3, -0.25) is 4.79 Å². The quantitative estimate of drug-likeness (QED) is 0.703. The summed E-state index contributed by atoms with van der Waals surface area (Å²) in [5, 5.41) is 0.605. The van der Waals surface area contributed by atoms with Crippen molar-refractivity contribution in [1.82, 2.24) is 0 Å². The minimum Gasteiger partial charge on any atom is -0.315 e. The van der Waals surface area contributed by atoms with Gasteiger partial charge in [-0.1, -0.05) is 27.7 Å². The number of nitrogens with zero attached hydrogens (tertiary/aromatic N) is 2. The van der Waals surface area contributed by atoms with E-state index in [1.165, 1.54) is 11.8 Å². The van der Waals surface area contributed by atoms with Crippen molar-refractivity contribution in [3.8, 4) is 0 Å². The summed E-state index contributed by atoms with van der Waals surface area (Å²) in [7, 11) is -3.05. The molecule has 25 heavy (non-hydrogen) atoms. The minimum absolute atomic E-state index is 0.0572. The van der Waals surface area contributed by atoms with Gasteiger partial charge in [-0.05, 0) is 49.9 Å². The van der Waals surface area contributed by atoms with Crippen molar-refractivity contribution < 1.29 is 13.2 Å². The zero-order valence-corrected chi connectivity index (χ0v) is 17.2. The number of rotatable bonds is 2. The molecule has 2 atom stereocenters. The van der Waals surface area contributed by atoms with Crippen LogP contribution in [0.2, 0.25) is 0 Å². The van der Waals surface area contributed by atoms with Crippen LogP contribution >= 0.6 is 27.7 Å². The number of amidine groups is 1. The minimum atomic E-state index is -3.05. The van der Waals surface area contributed by atoms with Gasteiger partial charge in [0, 0.05) is 21.3 Å². The molecule has 0 aromatic heterocycles. The van der Waals surface area contributed by atoms with E-state index in [-0.39, 0.29) is 34.6 Å². The molecule has 1 aliphatic carbocycles. The molecule has 2 heterocycles. The van der Waals surface area contributed by atoms with Gasteiger partial charge in [0.1, 0.15) is 0 Å². The molecule has 1 amide bonds. The van der Waals surface area contributed by atoms with Crippen LogP contribution in [0.4, 0.5) is 5.69 Å². The van der Waals surface area contributed by atoms with Gasteiger partial charge >= 0.3 is 0 Å². The van der Waals surface area contributed by atoms with Crippen molar-refractivity contribution in [2.45, 2.75) is 38.0 Å². The largest absolute Gasteiger partial charge is 0.315 e. The zero-order chi connectivity index (χ0) is 17.9. The summed E-state index contributed by atoms with van der Waals surface area (Å²) in [6, 6.07) is 3.88. The molecule has 8 heteroatoms. The van der Waals surface area contributed by atoms with Gasteiger partial charge < -0.3 is 4.90 Å². The van der Waals surface area contributed by atoms with E-state index in [2.05, 4.69) is 20.9 Å². The lowest BCUT2D eigenvalue weighted by atomic mass is 10.1. The van der Waals surface area contributed by atoms with Crippen molar-refractivity contribution >= 4 is 54.3 Å². The summed E-state index contributed by atoms with van der Waals surface area (Å²) in [6.07, 6.45) is 1.83. The van der Waals surface area contributed by atoms with Gasteiger partial charge in [0.05, 0.1) is 17.5 Å². The van der Waals surface area contributed by atoms with Crippen LogP contribution in [0.5, 0.6) is 0 Å². The number of thioether (sulfide) groups is 1. The van der Waals surface area contributed by atoms with Gasteiger partial charge in [0.25, 0.3) is 5.91 Å². The third kappa shape index (κ3) is 3.28. The summed E-state index contributed by atoms with van der Waals surface area (Å²) < 4.78 is 25.3. The molecule has 1 aromatic rings. The zero-order valence-electron chi connectivity index (χ0n) is 14.0. The molecule has 5 nitrogen and oxygen atoms in total. The number of anilines is 1. The molecule has 1 aromatic carbocycles. The van der Waals surface area contributed by atoms with E-state index in [0.717, 1.165) is 34.1 Å². The summed E-state index contributed by atoms with van der Waals surface area (Å²) in [4.78, 5) is 18.7. The maximum absolute atomic E-state index is 12.3. The van der Waals surface area contributed by atoms with E-state index in [9.17, 15) is 13.2 Å². The number of carbonyl (C=O) groups is 1. The lowest BCUT2D eigenvalue weighted by Crippen LogP contribution is -2.38. The average Bonchev–Trinajstić information content (AvgIpc) is 3.22. The first-order valence-electron chi connectivity index (χ1n) is 8.31. The maximum Gasteiger partial charge on any atom is 0.251 e. The van der Waals surface area contributed by atoms with Crippen LogP contribution in [0.3, 0.4) is 0 Å². The van der Waals surface area contributed by atoms with E-state index < -0.39 is 9.84 Å². The normalized spacial score (nSPS) is 29.2. The predicted octanol–water partition coefficient (Wildman–Crippen LogP) is 3.08. The number of hydrogen-bond acceptors (Lipinski definition) is 4. The molecule has 0 N–H and O–H groups in total. The fraction of sp³-hybridized carbons (Fsp3) is 0.529. The van der Waals surface area contributed by atoms with Crippen molar-refractivity contribution in [2.24, 2.45) is 10.9 Å². The van der Waals surface area contributed by atoms with Crippen molar-refractivity contribution in [3.63, 3.8) is 0 Å². The van der Waals surface area contributed by atoms with E-state index in [4.69, 9.17) is 0 Å². The Morgan fingerprint density at radius 2 is 1.88 bits per heavy atom. The Morgan fingerprint density at radius 3 is 2.48 bits per heavy atom. The van der Waals surface area contributed by atoms with Crippen molar-refractivity contribution in [2.75, 3.05) is 16.4 Å². The summed E-state index contributed by atoms with van der Waals surface area (Å²) in [6.45, 7) is 4.02. The van der Waals surface area contributed by atoms with Gasteiger partial charge in [0.15, 0.2) is 15.0 Å². The van der Waals surface area contributed by atoms with Crippen molar-refractivity contribution in [3.05, 3.63) is 27.7 Å². The van der Waals surface area contributed by atoms with Gasteiger partial charge in [-0.25, -0.2) is 8.42 Å². The van der Waals surface area contributed by atoms with Crippen LogP contribution in [-0.2, 0) is 14.6 Å². The highest BCUT2D eigenvalue weighted by Gasteiger charge is 2.50. The molecular weight excluding hydrogens is 424 g/mol. The summed E-state index contributed by atoms with van der Waals surface area (Å²) in [5.74, 6) is 0.273. The van der Waals surface area contributed by atoms with Crippen LogP contribution in [0, 0.1) is 19.8 Å². The molecule has 0 bridgehead atoms. The second-order valence-corrected chi connectivity index (χ2v) is 11.3. The van der Waals surface area contributed by atoms with Crippen molar-refractivity contribution in [1.29, 1.82) is 0 Å². The van der Waals surface area contributed by atoms with E-state index >= 15 is 0 Å². The Labute approximate surface area is 160 Å².